The van der Waals surface area contributed by atoms with Crippen molar-refractivity contribution in [3.8, 4) is 0 Å². The molecule has 7 nitrogen and oxygen atoms in total. The van der Waals surface area contributed by atoms with Gasteiger partial charge in [0, 0.05) is 30.4 Å². The molecule has 0 aliphatic carbocycles. The number of hydrogen-bond acceptors (Lipinski definition) is 8. The first-order valence-corrected chi connectivity index (χ1v) is 10.3. The minimum absolute atomic E-state index is 0.121. The molecule has 1 N–H and O–H groups in total. The zero-order valence-electron chi connectivity index (χ0n) is 16.1. The number of benzene rings is 1. The molecule has 0 atom stereocenters. The Hall–Kier alpha value is -2.97. The number of aryl methyl sites for hydroxylation is 1. The van der Waals surface area contributed by atoms with Crippen molar-refractivity contribution in [3.63, 3.8) is 0 Å². The zero-order chi connectivity index (χ0) is 20.1. The lowest BCUT2D eigenvalue weighted by Gasteiger charge is -2.27. The van der Waals surface area contributed by atoms with Gasteiger partial charge in [0.15, 0.2) is 5.13 Å². The minimum atomic E-state index is -0.410. The molecular weight excluding hydrogens is 388 g/mol. The van der Waals surface area contributed by atoms with Gasteiger partial charge in [-0.2, -0.15) is 0 Å². The highest BCUT2D eigenvalue weighted by atomic mass is 32.1. The predicted molar refractivity (Wildman–Crippen MR) is 113 cm³/mol. The Bertz CT molecular complexity index is 951. The van der Waals surface area contributed by atoms with Crippen molar-refractivity contribution in [1.29, 1.82) is 0 Å². The lowest BCUT2D eigenvalue weighted by molar-refractivity contribution is 0.0468. The van der Waals surface area contributed by atoms with Crippen LogP contribution in [0.3, 0.4) is 0 Å². The molecule has 2 aromatic heterocycles. The van der Waals surface area contributed by atoms with E-state index in [0.717, 1.165) is 29.7 Å². The van der Waals surface area contributed by atoms with E-state index in [1.54, 1.807) is 12.3 Å². The van der Waals surface area contributed by atoms with Crippen LogP contribution in [0.4, 0.5) is 16.6 Å². The molecule has 0 amide bonds. The van der Waals surface area contributed by atoms with Crippen molar-refractivity contribution in [3.05, 3.63) is 64.8 Å². The Kier molecular flexibility index (Phi) is 6.02. The quantitative estimate of drug-likeness (QED) is 0.620. The summed E-state index contributed by atoms with van der Waals surface area (Å²) in [4.78, 5) is 23.3. The molecule has 1 fully saturated rings. The third-order valence-corrected chi connectivity index (χ3v) is 5.33. The topological polar surface area (TPSA) is 76.6 Å². The van der Waals surface area contributed by atoms with Gasteiger partial charge in [0.2, 0.25) is 0 Å². The van der Waals surface area contributed by atoms with Crippen molar-refractivity contribution in [2.24, 2.45) is 0 Å². The molecule has 8 heteroatoms. The highest BCUT2D eigenvalue weighted by Gasteiger charge is 2.14. The summed E-state index contributed by atoms with van der Waals surface area (Å²) in [6, 6.07) is 11.7. The summed E-state index contributed by atoms with van der Waals surface area (Å²) < 4.78 is 10.7. The second-order valence-electron chi connectivity index (χ2n) is 6.72. The van der Waals surface area contributed by atoms with Crippen LogP contribution in [0.5, 0.6) is 0 Å². The second-order valence-corrected chi connectivity index (χ2v) is 7.57. The van der Waals surface area contributed by atoms with Crippen LogP contribution in [0.1, 0.15) is 21.6 Å². The van der Waals surface area contributed by atoms with Gasteiger partial charge in [-0.15, -0.1) is 11.3 Å². The molecule has 3 aromatic rings. The van der Waals surface area contributed by atoms with Gasteiger partial charge < -0.3 is 19.7 Å². The molecule has 3 heterocycles. The van der Waals surface area contributed by atoms with Crippen LogP contribution < -0.4 is 10.2 Å². The maximum absolute atomic E-state index is 12.3. The fourth-order valence-electron chi connectivity index (χ4n) is 2.90. The summed E-state index contributed by atoms with van der Waals surface area (Å²) in [6.07, 6.45) is 1.55. The minimum Gasteiger partial charge on any atom is -0.456 e. The molecule has 150 valence electrons. The van der Waals surface area contributed by atoms with Gasteiger partial charge in [-0.25, -0.2) is 14.8 Å². The number of carbonyl (C=O) groups excluding carboxylic acids is 1. The number of ether oxygens (including phenoxy) is 2. The molecule has 4 rings (SSSR count). The standard InChI is InChI=1S/C21H22N4O3S/c1-15-2-5-17(6-3-15)23-21-24-18(14-29-21)13-28-20(26)16-4-7-19(22-12-16)25-8-10-27-11-9-25/h2-7,12,14H,8-11,13H2,1H3,(H,23,24). The van der Waals surface area contributed by atoms with Crippen LogP contribution in [0, 0.1) is 6.92 Å². The van der Waals surface area contributed by atoms with E-state index < -0.39 is 5.97 Å². The fraction of sp³-hybridized carbons (Fsp3) is 0.286. The molecule has 0 unspecified atom stereocenters. The average Bonchev–Trinajstić information content (AvgIpc) is 3.22. The third-order valence-electron chi connectivity index (χ3n) is 4.52. The molecule has 0 radical (unpaired) electrons. The zero-order valence-corrected chi connectivity index (χ0v) is 16.9. The highest BCUT2D eigenvalue weighted by Crippen LogP contribution is 2.22. The van der Waals surface area contributed by atoms with Crippen molar-refractivity contribution >= 4 is 33.9 Å². The van der Waals surface area contributed by atoms with Gasteiger partial charge in [0.1, 0.15) is 12.4 Å². The molecule has 1 aliphatic rings. The van der Waals surface area contributed by atoms with Crippen molar-refractivity contribution < 1.29 is 14.3 Å². The predicted octanol–water partition coefficient (Wildman–Crippen LogP) is 3.78. The lowest BCUT2D eigenvalue weighted by Crippen LogP contribution is -2.36. The van der Waals surface area contributed by atoms with E-state index in [9.17, 15) is 4.79 Å². The number of rotatable bonds is 6. The first kappa shape index (κ1) is 19.4. The number of anilines is 3. The van der Waals surface area contributed by atoms with Gasteiger partial charge >= 0.3 is 5.97 Å². The Labute approximate surface area is 173 Å². The largest absolute Gasteiger partial charge is 0.456 e. The van der Waals surface area contributed by atoms with Crippen LogP contribution in [0.2, 0.25) is 0 Å². The number of nitrogens with zero attached hydrogens (tertiary/aromatic N) is 3. The Morgan fingerprint density at radius 2 is 2.00 bits per heavy atom. The molecular formula is C21H22N4O3S. The Morgan fingerprint density at radius 3 is 2.72 bits per heavy atom. The van der Waals surface area contributed by atoms with Crippen LogP contribution in [0.15, 0.2) is 48.0 Å². The number of thiazole rings is 1. The fourth-order valence-corrected chi connectivity index (χ4v) is 3.62. The molecule has 0 bridgehead atoms. The Morgan fingerprint density at radius 1 is 1.21 bits per heavy atom. The first-order valence-electron chi connectivity index (χ1n) is 9.41. The molecule has 0 spiro atoms. The number of aromatic nitrogens is 2. The second kappa shape index (κ2) is 9.02. The Balaban J connectivity index is 1.30. The number of pyridine rings is 1. The van der Waals surface area contributed by atoms with E-state index in [4.69, 9.17) is 9.47 Å². The van der Waals surface area contributed by atoms with Gasteiger partial charge in [0.25, 0.3) is 0 Å². The molecule has 29 heavy (non-hydrogen) atoms. The summed E-state index contributed by atoms with van der Waals surface area (Å²) in [7, 11) is 0. The van der Waals surface area contributed by atoms with E-state index in [-0.39, 0.29) is 6.61 Å². The average molecular weight is 410 g/mol. The summed E-state index contributed by atoms with van der Waals surface area (Å²) in [6.45, 7) is 5.17. The maximum Gasteiger partial charge on any atom is 0.340 e. The van der Waals surface area contributed by atoms with E-state index in [0.29, 0.717) is 24.5 Å². The van der Waals surface area contributed by atoms with E-state index in [1.165, 1.54) is 16.9 Å². The number of carbonyl (C=O) groups is 1. The van der Waals surface area contributed by atoms with Gasteiger partial charge in [0.05, 0.1) is 24.5 Å². The van der Waals surface area contributed by atoms with Crippen LogP contribution in [-0.4, -0.2) is 42.2 Å². The lowest BCUT2D eigenvalue weighted by atomic mass is 10.2. The van der Waals surface area contributed by atoms with Gasteiger partial charge in [-0.1, -0.05) is 17.7 Å². The van der Waals surface area contributed by atoms with E-state index in [2.05, 4.69) is 20.2 Å². The maximum atomic E-state index is 12.3. The van der Waals surface area contributed by atoms with Crippen LogP contribution in [-0.2, 0) is 16.1 Å². The summed E-state index contributed by atoms with van der Waals surface area (Å²) in [5, 5.41) is 5.89. The number of morpholine rings is 1. The summed E-state index contributed by atoms with van der Waals surface area (Å²) >= 11 is 1.47. The molecule has 1 saturated heterocycles. The normalized spacial score (nSPS) is 13.9. The first-order chi connectivity index (χ1) is 14.2. The SMILES string of the molecule is Cc1ccc(Nc2nc(COC(=O)c3ccc(N4CCOCC4)nc3)cs2)cc1. The molecule has 1 aromatic carbocycles. The van der Waals surface area contributed by atoms with Crippen LogP contribution >= 0.6 is 11.3 Å². The van der Waals surface area contributed by atoms with Gasteiger partial charge in [-0.3, -0.25) is 0 Å². The summed E-state index contributed by atoms with van der Waals surface area (Å²) in [5.41, 5.74) is 3.31. The van der Waals surface area contributed by atoms with Crippen molar-refractivity contribution in [2.75, 3.05) is 36.5 Å². The smallest absolute Gasteiger partial charge is 0.340 e. The monoisotopic (exact) mass is 410 g/mol. The molecule has 1 aliphatic heterocycles. The number of esters is 1. The van der Waals surface area contributed by atoms with Crippen molar-refractivity contribution in [1.82, 2.24) is 9.97 Å². The summed E-state index contributed by atoms with van der Waals surface area (Å²) in [5.74, 6) is 0.434. The number of hydrogen-bond donors (Lipinski definition) is 1. The third kappa shape index (κ3) is 5.10. The van der Waals surface area contributed by atoms with Gasteiger partial charge in [-0.05, 0) is 31.2 Å². The van der Waals surface area contributed by atoms with E-state index >= 15 is 0 Å². The van der Waals surface area contributed by atoms with E-state index in [1.807, 2.05) is 42.6 Å². The highest BCUT2D eigenvalue weighted by molar-refractivity contribution is 7.13. The number of nitrogens with one attached hydrogen (secondary N) is 1. The van der Waals surface area contributed by atoms with Crippen molar-refractivity contribution in [2.45, 2.75) is 13.5 Å². The molecule has 0 saturated carbocycles. The van der Waals surface area contributed by atoms with Crippen LogP contribution in [0.25, 0.3) is 0 Å².